The Morgan fingerprint density at radius 2 is 1.84 bits per heavy atom. The molecule has 2 N–H and O–H groups in total. The van der Waals surface area contributed by atoms with Crippen molar-refractivity contribution in [3.63, 3.8) is 0 Å². The average Bonchev–Trinajstić information content (AvgIpc) is 2.93. The lowest BCUT2D eigenvalue weighted by Crippen LogP contribution is -2.38. The summed E-state index contributed by atoms with van der Waals surface area (Å²) in [7, 11) is 0. The Morgan fingerprint density at radius 1 is 1.10 bits per heavy atom. The van der Waals surface area contributed by atoms with E-state index in [-0.39, 0.29) is 17.8 Å². The third-order valence-electron chi connectivity index (χ3n) is 5.28. The first-order valence-corrected chi connectivity index (χ1v) is 10.7. The van der Waals surface area contributed by atoms with Crippen LogP contribution < -0.4 is 21.1 Å². The van der Waals surface area contributed by atoms with Crippen molar-refractivity contribution in [2.45, 2.75) is 51.7 Å². The summed E-state index contributed by atoms with van der Waals surface area (Å²) in [5, 5.41) is 10.3. The van der Waals surface area contributed by atoms with Gasteiger partial charge in [0.25, 0.3) is 0 Å². The summed E-state index contributed by atoms with van der Waals surface area (Å²) in [5.74, 6) is 2.26. The average molecular weight is 422 g/mol. The van der Waals surface area contributed by atoms with Crippen LogP contribution in [0.5, 0.6) is 11.5 Å². The maximum atomic E-state index is 12.4. The van der Waals surface area contributed by atoms with E-state index >= 15 is 0 Å². The Hall–Kier alpha value is -3.55. The van der Waals surface area contributed by atoms with Crippen LogP contribution in [0.15, 0.2) is 59.4 Å². The molecule has 2 heterocycles. The SMILES string of the molecule is CCCn1nc2n(c1=O)CCC(NC(=O)Nc1ccc(Oc3ccccc3)cc1)CC2. The van der Waals surface area contributed by atoms with E-state index in [9.17, 15) is 9.59 Å². The van der Waals surface area contributed by atoms with Gasteiger partial charge in [0.15, 0.2) is 0 Å². The number of amides is 2. The predicted octanol–water partition coefficient (Wildman–Crippen LogP) is 3.77. The van der Waals surface area contributed by atoms with Crippen LogP contribution in [0.3, 0.4) is 0 Å². The minimum absolute atomic E-state index is 0.0126. The van der Waals surface area contributed by atoms with Gasteiger partial charge >= 0.3 is 11.7 Å². The second-order valence-corrected chi connectivity index (χ2v) is 7.64. The largest absolute Gasteiger partial charge is 0.457 e. The van der Waals surface area contributed by atoms with Crippen LogP contribution >= 0.6 is 0 Å². The van der Waals surface area contributed by atoms with Gasteiger partial charge in [0.1, 0.15) is 17.3 Å². The Bertz CT molecular complexity index is 1070. The predicted molar refractivity (Wildman–Crippen MR) is 119 cm³/mol. The van der Waals surface area contributed by atoms with Gasteiger partial charge in [-0.25, -0.2) is 14.3 Å². The molecule has 1 aliphatic rings. The number of para-hydroxylation sites is 1. The van der Waals surface area contributed by atoms with Crippen molar-refractivity contribution in [2.75, 3.05) is 5.32 Å². The molecule has 3 aromatic rings. The van der Waals surface area contributed by atoms with Crippen LogP contribution in [0.4, 0.5) is 10.5 Å². The van der Waals surface area contributed by atoms with E-state index < -0.39 is 0 Å². The van der Waals surface area contributed by atoms with Crippen molar-refractivity contribution in [1.29, 1.82) is 0 Å². The number of anilines is 1. The quantitative estimate of drug-likeness (QED) is 0.634. The number of hydrogen-bond acceptors (Lipinski definition) is 4. The number of aromatic nitrogens is 3. The molecule has 0 saturated heterocycles. The van der Waals surface area contributed by atoms with E-state index in [2.05, 4.69) is 15.7 Å². The highest BCUT2D eigenvalue weighted by Gasteiger charge is 2.22. The zero-order chi connectivity index (χ0) is 21.6. The molecule has 1 atom stereocenters. The summed E-state index contributed by atoms with van der Waals surface area (Å²) < 4.78 is 9.05. The number of benzene rings is 2. The molecular weight excluding hydrogens is 394 g/mol. The molecule has 1 unspecified atom stereocenters. The van der Waals surface area contributed by atoms with Gasteiger partial charge in [0.05, 0.1) is 0 Å². The molecule has 0 bridgehead atoms. The molecule has 0 saturated carbocycles. The van der Waals surface area contributed by atoms with Crippen molar-refractivity contribution < 1.29 is 9.53 Å². The van der Waals surface area contributed by atoms with E-state index in [0.717, 1.165) is 24.4 Å². The maximum absolute atomic E-state index is 12.4. The third kappa shape index (κ3) is 5.14. The first-order valence-electron chi connectivity index (χ1n) is 10.7. The number of fused-ring (bicyclic) bond motifs is 1. The number of aryl methyl sites for hydroxylation is 2. The van der Waals surface area contributed by atoms with Crippen molar-refractivity contribution in [2.24, 2.45) is 0 Å². The van der Waals surface area contributed by atoms with Crippen LogP contribution in [-0.2, 0) is 19.5 Å². The number of urea groups is 1. The minimum Gasteiger partial charge on any atom is -0.457 e. The smallest absolute Gasteiger partial charge is 0.345 e. The van der Waals surface area contributed by atoms with Gasteiger partial charge in [0.2, 0.25) is 0 Å². The minimum atomic E-state index is -0.260. The molecule has 0 spiro atoms. The lowest BCUT2D eigenvalue weighted by atomic mass is 10.1. The number of hydrogen-bond donors (Lipinski definition) is 2. The Labute approximate surface area is 180 Å². The van der Waals surface area contributed by atoms with Gasteiger partial charge in [0, 0.05) is 31.2 Å². The Balaban J connectivity index is 1.29. The van der Waals surface area contributed by atoms with Gasteiger partial charge in [-0.1, -0.05) is 25.1 Å². The molecule has 4 rings (SSSR count). The second kappa shape index (κ2) is 9.51. The highest BCUT2D eigenvalue weighted by Crippen LogP contribution is 2.22. The fraction of sp³-hybridized carbons (Fsp3) is 0.348. The topological polar surface area (TPSA) is 90.2 Å². The van der Waals surface area contributed by atoms with E-state index in [1.807, 2.05) is 49.4 Å². The number of ether oxygens (including phenoxy) is 1. The number of nitrogens with one attached hydrogen (secondary N) is 2. The van der Waals surface area contributed by atoms with Gasteiger partial charge < -0.3 is 15.4 Å². The van der Waals surface area contributed by atoms with E-state index in [1.165, 1.54) is 0 Å². The van der Waals surface area contributed by atoms with Crippen molar-refractivity contribution in [3.8, 4) is 11.5 Å². The molecule has 1 aromatic heterocycles. The number of carbonyl (C=O) groups excluding carboxylic acids is 1. The van der Waals surface area contributed by atoms with E-state index in [4.69, 9.17) is 4.74 Å². The zero-order valence-corrected chi connectivity index (χ0v) is 17.6. The van der Waals surface area contributed by atoms with E-state index in [1.54, 1.807) is 21.4 Å². The monoisotopic (exact) mass is 421 g/mol. The molecule has 162 valence electrons. The van der Waals surface area contributed by atoms with Crippen molar-refractivity contribution in [3.05, 3.63) is 70.9 Å². The van der Waals surface area contributed by atoms with Gasteiger partial charge in [-0.2, -0.15) is 5.10 Å². The first-order chi connectivity index (χ1) is 15.1. The van der Waals surface area contributed by atoms with Crippen LogP contribution in [-0.4, -0.2) is 26.4 Å². The lowest BCUT2D eigenvalue weighted by molar-refractivity contribution is 0.247. The van der Waals surface area contributed by atoms with Gasteiger partial charge in [-0.3, -0.25) is 4.57 Å². The van der Waals surface area contributed by atoms with E-state index in [0.29, 0.717) is 37.4 Å². The molecule has 2 aromatic carbocycles. The molecule has 31 heavy (non-hydrogen) atoms. The van der Waals surface area contributed by atoms with Crippen LogP contribution in [0.25, 0.3) is 0 Å². The van der Waals surface area contributed by atoms with Crippen LogP contribution in [0.2, 0.25) is 0 Å². The normalized spacial score (nSPS) is 15.6. The number of nitrogens with zero attached hydrogens (tertiary/aromatic N) is 3. The summed E-state index contributed by atoms with van der Waals surface area (Å²) in [5.41, 5.74) is 0.627. The van der Waals surface area contributed by atoms with Gasteiger partial charge in [-0.15, -0.1) is 0 Å². The molecule has 0 aliphatic carbocycles. The number of rotatable bonds is 6. The second-order valence-electron chi connectivity index (χ2n) is 7.64. The van der Waals surface area contributed by atoms with Crippen molar-refractivity contribution in [1.82, 2.24) is 19.7 Å². The summed E-state index contributed by atoms with van der Waals surface area (Å²) in [4.78, 5) is 24.9. The Kier molecular flexibility index (Phi) is 6.35. The fourth-order valence-corrected chi connectivity index (χ4v) is 3.71. The molecule has 1 aliphatic heterocycles. The molecule has 0 fully saturated rings. The van der Waals surface area contributed by atoms with Crippen LogP contribution in [0, 0.1) is 0 Å². The zero-order valence-electron chi connectivity index (χ0n) is 17.6. The molecule has 8 heteroatoms. The summed E-state index contributed by atoms with van der Waals surface area (Å²) >= 11 is 0. The standard InChI is InChI=1S/C23H27N5O3/c1-2-15-28-23(30)27-16-14-18(10-13-21(27)26-28)25-22(29)24-17-8-11-20(12-9-17)31-19-6-4-3-5-7-19/h3-9,11-12,18H,2,10,13-16H2,1H3,(H2,24,25,29). The maximum Gasteiger partial charge on any atom is 0.345 e. The summed E-state index contributed by atoms with van der Waals surface area (Å²) in [6.07, 6.45) is 2.99. The summed E-state index contributed by atoms with van der Waals surface area (Å²) in [6, 6.07) is 16.5. The third-order valence-corrected chi connectivity index (χ3v) is 5.28. The number of carbonyl (C=O) groups is 1. The lowest BCUT2D eigenvalue weighted by Gasteiger charge is -2.16. The van der Waals surface area contributed by atoms with Crippen molar-refractivity contribution >= 4 is 11.7 Å². The molecule has 2 amide bonds. The molecule has 0 radical (unpaired) electrons. The first kappa shape index (κ1) is 20.7. The molecule has 8 nitrogen and oxygen atoms in total. The summed E-state index contributed by atoms with van der Waals surface area (Å²) in [6.45, 7) is 3.23. The molecular formula is C23H27N5O3. The van der Waals surface area contributed by atoms with Gasteiger partial charge in [-0.05, 0) is 55.7 Å². The highest BCUT2D eigenvalue weighted by atomic mass is 16.5. The highest BCUT2D eigenvalue weighted by molar-refractivity contribution is 5.89. The van der Waals surface area contributed by atoms with Crippen LogP contribution in [0.1, 0.15) is 32.0 Å². The fourth-order valence-electron chi connectivity index (χ4n) is 3.71. The Morgan fingerprint density at radius 3 is 2.58 bits per heavy atom.